The minimum absolute atomic E-state index is 0.696. The minimum Gasteiger partial charge on any atom is -0.494 e. The average Bonchev–Trinajstić information content (AvgIpc) is 2.50. The zero-order chi connectivity index (χ0) is 63.3. The van der Waals surface area contributed by atoms with Crippen LogP contribution in [0.15, 0.2) is 109 Å². The van der Waals surface area contributed by atoms with E-state index in [1.807, 2.05) is 0 Å². The van der Waals surface area contributed by atoms with Crippen molar-refractivity contribution in [2.75, 3.05) is 26.4 Å². The van der Waals surface area contributed by atoms with E-state index < -0.39 is 0 Å². The first-order valence-electron chi connectivity index (χ1n) is 37.4. The number of unbranched alkanes of at least 4 members (excludes halogenated alkanes) is 36. The molecule has 5 rings (SSSR count). The Hall–Kier alpha value is -5.74. The molecule has 0 atom stereocenters. The molecule has 0 aromatic heterocycles. The maximum absolute atomic E-state index is 6.77. The highest BCUT2D eigenvalue weighted by Gasteiger charge is 2.12. The lowest BCUT2D eigenvalue weighted by molar-refractivity contribution is 0.295. The molecule has 0 amide bonds. The molecular formula is C86H126O4. The summed E-state index contributed by atoms with van der Waals surface area (Å²) in [6.07, 6.45) is 70.3. The molecule has 0 aliphatic heterocycles. The lowest BCUT2D eigenvalue weighted by atomic mass is 10.0. The fourth-order valence-corrected chi connectivity index (χ4v) is 11.7. The number of hydrogen-bond acceptors (Lipinski definition) is 4. The van der Waals surface area contributed by atoms with Crippen LogP contribution in [0.25, 0.3) is 48.6 Å². The van der Waals surface area contributed by atoms with E-state index >= 15 is 0 Å². The Kier molecular flexibility index (Phi) is 43.2. The Morgan fingerprint density at radius 1 is 0.200 bits per heavy atom. The molecule has 4 heteroatoms. The van der Waals surface area contributed by atoms with Gasteiger partial charge in [-0.2, -0.15) is 0 Å². The van der Waals surface area contributed by atoms with Crippen molar-refractivity contribution < 1.29 is 18.9 Å². The van der Waals surface area contributed by atoms with E-state index in [9.17, 15) is 0 Å². The molecule has 0 unspecified atom stereocenters. The van der Waals surface area contributed by atoms with Gasteiger partial charge in [-0.3, -0.25) is 0 Å². The zero-order valence-electron chi connectivity index (χ0n) is 57.8. The van der Waals surface area contributed by atoms with E-state index in [2.05, 4.69) is 185 Å². The number of benzene rings is 5. The Morgan fingerprint density at radius 2 is 0.378 bits per heavy atom. The van der Waals surface area contributed by atoms with Crippen LogP contribution >= 0.6 is 0 Å². The van der Waals surface area contributed by atoms with Crippen molar-refractivity contribution in [1.82, 2.24) is 0 Å². The lowest BCUT2D eigenvalue weighted by Crippen LogP contribution is -2.03. The second kappa shape index (κ2) is 51.8. The van der Waals surface area contributed by atoms with Gasteiger partial charge in [-0.25, -0.2) is 0 Å². The largest absolute Gasteiger partial charge is 0.494 e. The maximum Gasteiger partial charge on any atom is 0.127 e. The number of ether oxygens (including phenoxy) is 4. The Bertz CT molecular complexity index is 2420. The van der Waals surface area contributed by atoms with Gasteiger partial charge in [0.25, 0.3) is 0 Å². The van der Waals surface area contributed by atoms with Gasteiger partial charge >= 0.3 is 0 Å². The molecular weight excluding hydrogens is 1100 g/mol. The van der Waals surface area contributed by atoms with Crippen molar-refractivity contribution in [1.29, 1.82) is 0 Å². The van der Waals surface area contributed by atoms with Gasteiger partial charge in [0.1, 0.15) is 23.0 Å². The minimum atomic E-state index is 0.696. The quantitative estimate of drug-likeness (QED) is 0.0287. The van der Waals surface area contributed by atoms with Crippen LogP contribution in [0.5, 0.6) is 23.0 Å². The third-order valence-corrected chi connectivity index (χ3v) is 17.7. The Morgan fingerprint density at radius 3 is 0.600 bits per heavy atom. The van der Waals surface area contributed by atoms with Crippen molar-refractivity contribution >= 4 is 48.6 Å². The molecule has 0 fully saturated rings. The van der Waals surface area contributed by atoms with Gasteiger partial charge < -0.3 is 18.9 Å². The summed E-state index contributed by atoms with van der Waals surface area (Å²) in [5, 5.41) is 0. The normalized spacial score (nSPS) is 11.8. The first-order chi connectivity index (χ1) is 44.6. The van der Waals surface area contributed by atoms with E-state index in [0.717, 1.165) is 84.1 Å². The fraction of sp³-hybridized carbons (Fsp3) is 0.558. The fourth-order valence-electron chi connectivity index (χ4n) is 11.7. The highest BCUT2D eigenvalue weighted by Crippen LogP contribution is 2.33. The third kappa shape index (κ3) is 36.3. The molecule has 0 bridgehead atoms. The summed E-state index contributed by atoms with van der Waals surface area (Å²) in [5.74, 6) is 3.71. The van der Waals surface area contributed by atoms with Crippen LogP contribution in [-0.2, 0) is 0 Å². The molecule has 0 aliphatic carbocycles. The van der Waals surface area contributed by atoms with Crippen LogP contribution in [0.3, 0.4) is 0 Å². The molecule has 0 N–H and O–H groups in total. The van der Waals surface area contributed by atoms with Crippen molar-refractivity contribution in [3.05, 3.63) is 154 Å². The van der Waals surface area contributed by atoms with Crippen LogP contribution in [0, 0.1) is 0 Å². The first kappa shape index (κ1) is 75.0. The summed E-state index contributed by atoms with van der Waals surface area (Å²) in [6.45, 7) is 12.1. The predicted octanol–water partition coefficient (Wildman–Crippen LogP) is 27.6. The van der Waals surface area contributed by atoms with Crippen LogP contribution in [0.2, 0.25) is 0 Å². The van der Waals surface area contributed by atoms with E-state index in [-0.39, 0.29) is 0 Å². The zero-order valence-corrected chi connectivity index (χ0v) is 57.8. The number of rotatable bonds is 56. The molecule has 4 nitrogen and oxygen atoms in total. The molecule has 494 valence electrons. The van der Waals surface area contributed by atoms with Crippen molar-refractivity contribution in [2.24, 2.45) is 0 Å². The van der Waals surface area contributed by atoms with Crippen molar-refractivity contribution in [3.8, 4) is 23.0 Å². The molecule has 0 radical (unpaired) electrons. The van der Waals surface area contributed by atoms with Crippen molar-refractivity contribution in [3.63, 3.8) is 0 Å². The summed E-state index contributed by atoms with van der Waals surface area (Å²) < 4.78 is 25.7. The molecule has 0 saturated carbocycles. The van der Waals surface area contributed by atoms with E-state index in [1.54, 1.807) is 0 Å². The average molecular weight is 1220 g/mol. The monoisotopic (exact) mass is 1220 g/mol. The van der Waals surface area contributed by atoms with E-state index in [0.29, 0.717) is 13.2 Å². The van der Waals surface area contributed by atoms with Gasteiger partial charge in [-0.1, -0.05) is 380 Å². The van der Waals surface area contributed by atoms with Gasteiger partial charge in [0.2, 0.25) is 0 Å². The van der Waals surface area contributed by atoms with Crippen LogP contribution < -0.4 is 18.9 Å². The molecule has 0 spiro atoms. The molecule has 90 heavy (non-hydrogen) atoms. The molecule has 0 aliphatic rings. The van der Waals surface area contributed by atoms with Crippen LogP contribution in [-0.4, -0.2) is 26.4 Å². The first-order valence-corrected chi connectivity index (χ1v) is 37.4. The molecule has 5 aromatic carbocycles. The summed E-state index contributed by atoms with van der Waals surface area (Å²) in [4.78, 5) is 0. The maximum atomic E-state index is 6.77. The highest BCUT2D eigenvalue weighted by molar-refractivity contribution is 5.80. The van der Waals surface area contributed by atoms with Gasteiger partial charge in [0.05, 0.1) is 26.4 Å². The smallest absolute Gasteiger partial charge is 0.127 e. The summed E-state index contributed by atoms with van der Waals surface area (Å²) >= 11 is 0. The highest BCUT2D eigenvalue weighted by atomic mass is 16.5. The Labute approximate surface area is 552 Å². The standard InChI is InChI=1S/C86H126O4/c1-5-9-13-17-21-25-29-33-37-41-69-87-83-65-59-79(60-66-83)55-49-75-45-51-77(52-46-75)57-63-81-73-86(90-72-44-40-36-32-28-24-20-16-12-8-4)82(74-85(81)89-71-43-39-35-31-27-23-19-15-11-7-3)64-58-78-53-47-76(48-54-78)50-56-80-61-67-84(68-62-80)88-70-42-38-34-30-26-22-18-14-10-6-2/h45-68,73-74H,5-44,69-72H2,1-4H3/b55-49+,56-50+,63-57+,64-58+. The van der Waals surface area contributed by atoms with Crippen LogP contribution in [0.4, 0.5) is 0 Å². The second-order valence-electron chi connectivity index (χ2n) is 25.9. The van der Waals surface area contributed by atoms with Gasteiger partial charge in [-0.05, 0) is 95.5 Å². The van der Waals surface area contributed by atoms with Gasteiger partial charge in [-0.15, -0.1) is 0 Å². The summed E-state index contributed by atoms with van der Waals surface area (Å²) in [6, 6.07) is 39.1. The predicted molar refractivity (Wildman–Crippen MR) is 397 cm³/mol. The second-order valence-corrected chi connectivity index (χ2v) is 25.9. The SMILES string of the molecule is CCCCCCCCCCCCOc1ccc(/C=C/c2ccc(/C=C/c3cc(OCCCCCCCCCCCC)c(/C=C/c4ccc(/C=C/c5ccc(OCCCCCCCCCCCC)cc5)cc4)cc3OCCCCCCCCCCCC)cc2)cc1. The molecule has 0 saturated heterocycles. The summed E-state index contributed by atoms with van der Waals surface area (Å²) in [5.41, 5.74) is 9.03. The topological polar surface area (TPSA) is 36.9 Å². The van der Waals surface area contributed by atoms with Crippen molar-refractivity contribution in [2.45, 2.75) is 285 Å². The molecule has 0 heterocycles. The van der Waals surface area contributed by atoms with E-state index in [1.165, 1.54) is 253 Å². The third-order valence-electron chi connectivity index (χ3n) is 17.7. The lowest BCUT2D eigenvalue weighted by Gasteiger charge is -2.16. The number of hydrogen-bond donors (Lipinski definition) is 0. The summed E-state index contributed by atoms with van der Waals surface area (Å²) in [7, 11) is 0. The van der Waals surface area contributed by atoms with Gasteiger partial charge in [0, 0.05) is 11.1 Å². The van der Waals surface area contributed by atoms with E-state index in [4.69, 9.17) is 18.9 Å². The Balaban J connectivity index is 1.22. The van der Waals surface area contributed by atoms with Gasteiger partial charge in [0.15, 0.2) is 0 Å². The molecule has 5 aromatic rings. The van der Waals surface area contributed by atoms with Crippen LogP contribution in [0.1, 0.15) is 329 Å².